The van der Waals surface area contributed by atoms with Crippen LogP contribution in [-0.2, 0) is 21.2 Å². The van der Waals surface area contributed by atoms with Crippen molar-refractivity contribution >= 4 is 34.0 Å². The maximum atomic E-state index is 12.9. The van der Waals surface area contributed by atoms with Crippen molar-refractivity contribution in [3.8, 4) is 0 Å². The smallest absolute Gasteiger partial charge is 0.261 e. The van der Waals surface area contributed by atoms with E-state index in [1.54, 1.807) is 24.3 Å². The molecular weight excluding hydrogens is 393 g/mol. The molecule has 0 bridgehead atoms. The molecule has 0 aliphatic rings. The molecule has 2 aromatic rings. The van der Waals surface area contributed by atoms with Gasteiger partial charge in [0.25, 0.3) is 10.0 Å². The lowest BCUT2D eigenvalue weighted by molar-refractivity contribution is -0.120. The monoisotopic (exact) mass is 415 g/mol. The Balaban J connectivity index is 0.00000364. The van der Waals surface area contributed by atoms with Crippen LogP contribution in [0.4, 0.5) is 10.1 Å². The lowest BCUT2D eigenvalue weighted by atomic mass is 10.1. The molecule has 2 aromatic carbocycles. The number of halogens is 2. The number of nitrogens with two attached hydrogens (primary N) is 1. The number of amides is 1. The number of anilines is 1. The minimum Gasteiger partial charge on any atom is -0.356 e. The average Bonchev–Trinajstić information content (AvgIpc) is 2.61. The summed E-state index contributed by atoms with van der Waals surface area (Å²) in [6.07, 6.45) is 1.92. The molecular formula is C18H23ClFN3O3S. The Morgan fingerprint density at radius 3 is 2.22 bits per heavy atom. The van der Waals surface area contributed by atoms with Crippen molar-refractivity contribution in [3.05, 3.63) is 59.9 Å². The van der Waals surface area contributed by atoms with Crippen molar-refractivity contribution in [2.45, 2.75) is 24.2 Å². The molecule has 0 aromatic heterocycles. The molecule has 27 heavy (non-hydrogen) atoms. The summed E-state index contributed by atoms with van der Waals surface area (Å²) >= 11 is 0. The third kappa shape index (κ3) is 7.54. The van der Waals surface area contributed by atoms with E-state index >= 15 is 0 Å². The van der Waals surface area contributed by atoms with Crippen LogP contribution in [0.5, 0.6) is 0 Å². The van der Waals surface area contributed by atoms with Crippen LogP contribution in [0, 0.1) is 5.82 Å². The van der Waals surface area contributed by atoms with Crippen molar-refractivity contribution in [1.82, 2.24) is 5.32 Å². The molecule has 0 fully saturated rings. The summed E-state index contributed by atoms with van der Waals surface area (Å²) < 4.78 is 39.8. The van der Waals surface area contributed by atoms with Crippen molar-refractivity contribution in [1.29, 1.82) is 0 Å². The number of sulfonamides is 1. The van der Waals surface area contributed by atoms with Gasteiger partial charge < -0.3 is 11.1 Å². The van der Waals surface area contributed by atoms with Gasteiger partial charge in [-0.3, -0.25) is 9.52 Å². The van der Waals surface area contributed by atoms with Crippen molar-refractivity contribution in [3.63, 3.8) is 0 Å². The first-order valence-electron chi connectivity index (χ1n) is 8.25. The van der Waals surface area contributed by atoms with Crippen LogP contribution in [0.15, 0.2) is 53.4 Å². The number of hydrogen-bond acceptors (Lipinski definition) is 4. The number of nitrogens with one attached hydrogen (secondary N) is 2. The highest BCUT2D eigenvalue weighted by atomic mass is 35.5. The first-order valence-corrected chi connectivity index (χ1v) is 9.73. The normalized spacial score (nSPS) is 10.7. The maximum Gasteiger partial charge on any atom is 0.261 e. The summed E-state index contributed by atoms with van der Waals surface area (Å²) in [5.41, 5.74) is 6.52. The number of carbonyl (C=O) groups excluding carboxylic acids is 1. The molecule has 0 spiro atoms. The van der Waals surface area contributed by atoms with Gasteiger partial charge in [0.1, 0.15) is 5.82 Å². The van der Waals surface area contributed by atoms with Crippen molar-refractivity contribution in [2.75, 3.05) is 17.8 Å². The molecule has 0 heterocycles. The predicted octanol–water partition coefficient (Wildman–Crippen LogP) is 2.45. The van der Waals surface area contributed by atoms with Crippen LogP contribution in [0.2, 0.25) is 0 Å². The van der Waals surface area contributed by atoms with E-state index in [1.165, 1.54) is 12.1 Å². The standard InChI is InChI=1S/C18H22FN3O3S.ClH/c19-15-5-9-17(10-6-15)26(24,25)22-16-7-3-14(4-8-16)13-18(23)21-12-2-1-11-20;/h3-10,22H,1-2,11-13,20H2,(H,21,23);1H. The van der Waals surface area contributed by atoms with Gasteiger partial charge in [0.05, 0.1) is 11.3 Å². The van der Waals surface area contributed by atoms with Gasteiger partial charge in [-0.05, 0) is 61.3 Å². The highest BCUT2D eigenvalue weighted by molar-refractivity contribution is 7.92. The van der Waals surface area contributed by atoms with E-state index in [4.69, 9.17) is 5.73 Å². The molecule has 0 unspecified atom stereocenters. The Kier molecular flexibility index (Phi) is 9.20. The maximum absolute atomic E-state index is 12.9. The zero-order valence-electron chi connectivity index (χ0n) is 14.7. The molecule has 0 atom stereocenters. The number of rotatable bonds is 9. The van der Waals surface area contributed by atoms with Crippen LogP contribution >= 0.6 is 12.4 Å². The zero-order valence-corrected chi connectivity index (χ0v) is 16.3. The second-order valence-electron chi connectivity index (χ2n) is 5.78. The summed E-state index contributed by atoms with van der Waals surface area (Å²) in [6, 6.07) is 11.1. The lowest BCUT2D eigenvalue weighted by Gasteiger charge is -2.09. The highest BCUT2D eigenvalue weighted by Gasteiger charge is 2.14. The average molecular weight is 416 g/mol. The molecule has 2 rings (SSSR count). The van der Waals surface area contributed by atoms with Gasteiger partial charge in [-0.15, -0.1) is 12.4 Å². The highest BCUT2D eigenvalue weighted by Crippen LogP contribution is 2.17. The molecule has 0 aliphatic heterocycles. The number of carbonyl (C=O) groups is 1. The first-order chi connectivity index (χ1) is 12.4. The van der Waals surface area contributed by atoms with Crippen LogP contribution in [0.25, 0.3) is 0 Å². The molecule has 0 saturated heterocycles. The Labute approximate surface area is 164 Å². The van der Waals surface area contributed by atoms with E-state index in [1.807, 2.05) is 0 Å². The molecule has 0 saturated carbocycles. The van der Waals surface area contributed by atoms with E-state index in [0.29, 0.717) is 18.8 Å². The van der Waals surface area contributed by atoms with E-state index < -0.39 is 15.8 Å². The minimum atomic E-state index is -3.79. The summed E-state index contributed by atoms with van der Waals surface area (Å²) in [5, 5.41) is 2.81. The first kappa shape index (κ1) is 22.9. The van der Waals surface area contributed by atoms with Gasteiger partial charge in [0.15, 0.2) is 0 Å². The Hall–Kier alpha value is -2.16. The Morgan fingerprint density at radius 1 is 1.00 bits per heavy atom. The molecule has 9 heteroatoms. The van der Waals surface area contributed by atoms with Crippen molar-refractivity contribution < 1.29 is 17.6 Å². The second-order valence-corrected chi connectivity index (χ2v) is 7.46. The fourth-order valence-corrected chi connectivity index (χ4v) is 3.32. The van der Waals surface area contributed by atoms with Crippen LogP contribution in [0.1, 0.15) is 18.4 Å². The molecule has 148 valence electrons. The summed E-state index contributed by atoms with van der Waals surface area (Å²) in [7, 11) is -3.79. The van der Waals surface area contributed by atoms with E-state index in [0.717, 1.165) is 30.5 Å². The third-order valence-corrected chi connectivity index (χ3v) is 5.05. The number of unbranched alkanes of at least 4 members (excludes halogenated alkanes) is 1. The van der Waals surface area contributed by atoms with Gasteiger partial charge >= 0.3 is 0 Å². The van der Waals surface area contributed by atoms with Gasteiger partial charge in [-0.25, -0.2) is 12.8 Å². The molecule has 4 N–H and O–H groups in total. The summed E-state index contributed by atoms with van der Waals surface area (Å²) in [4.78, 5) is 11.8. The lowest BCUT2D eigenvalue weighted by Crippen LogP contribution is -2.26. The summed E-state index contributed by atoms with van der Waals surface area (Å²) in [6.45, 7) is 1.19. The predicted molar refractivity (Wildman–Crippen MR) is 106 cm³/mol. The van der Waals surface area contributed by atoms with E-state index in [9.17, 15) is 17.6 Å². The van der Waals surface area contributed by atoms with Gasteiger partial charge in [-0.1, -0.05) is 12.1 Å². The van der Waals surface area contributed by atoms with Crippen LogP contribution < -0.4 is 15.8 Å². The Morgan fingerprint density at radius 2 is 1.63 bits per heavy atom. The number of hydrogen-bond donors (Lipinski definition) is 3. The second kappa shape index (κ2) is 10.9. The fourth-order valence-electron chi connectivity index (χ4n) is 2.26. The van der Waals surface area contributed by atoms with E-state index in [2.05, 4.69) is 10.0 Å². The Bertz CT molecular complexity index is 828. The minimum absolute atomic E-state index is 0. The van der Waals surface area contributed by atoms with E-state index in [-0.39, 0.29) is 29.6 Å². The SMILES string of the molecule is Cl.NCCCCNC(=O)Cc1ccc(NS(=O)(=O)c2ccc(F)cc2)cc1. The topological polar surface area (TPSA) is 101 Å². The van der Waals surface area contributed by atoms with Gasteiger partial charge in [0, 0.05) is 12.2 Å². The largest absolute Gasteiger partial charge is 0.356 e. The molecule has 0 aliphatic carbocycles. The summed E-state index contributed by atoms with van der Waals surface area (Å²) in [5.74, 6) is -0.601. The number of benzene rings is 2. The molecule has 0 radical (unpaired) electrons. The third-order valence-electron chi connectivity index (χ3n) is 3.65. The van der Waals surface area contributed by atoms with Gasteiger partial charge in [0.2, 0.25) is 5.91 Å². The quantitative estimate of drug-likeness (QED) is 0.547. The van der Waals surface area contributed by atoms with Crippen LogP contribution in [0.3, 0.4) is 0 Å². The van der Waals surface area contributed by atoms with Crippen LogP contribution in [-0.4, -0.2) is 27.4 Å². The fraction of sp³-hybridized carbons (Fsp3) is 0.278. The molecule has 1 amide bonds. The zero-order chi connectivity index (χ0) is 19.0. The molecule has 6 nitrogen and oxygen atoms in total. The van der Waals surface area contributed by atoms with Crippen molar-refractivity contribution in [2.24, 2.45) is 5.73 Å². The van der Waals surface area contributed by atoms with Gasteiger partial charge in [-0.2, -0.15) is 0 Å².